The first-order chi connectivity index (χ1) is 9.63. The number of hydrazine groups is 1. The highest BCUT2D eigenvalue weighted by Crippen LogP contribution is 2.16. The number of unbranched alkanes of at least 4 members (excludes halogenated alkanes) is 2. The summed E-state index contributed by atoms with van der Waals surface area (Å²) < 4.78 is 0. The molecule has 0 unspecified atom stereocenters. The summed E-state index contributed by atoms with van der Waals surface area (Å²) in [6.07, 6.45) is 4.22. The lowest BCUT2D eigenvalue weighted by Gasteiger charge is -2.07. The SMILES string of the molecule is CCCCCC(=O)NNC(=O)CCc1ccccc1Cl. The third kappa shape index (κ3) is 6.57. The van der Waals surface area contributed by atoms with Crippen molar-refractivity contribution < 1.29 is 9.59 Å². The Kier molecular flexibility index (Phi) is 7.73. The van der Waals surface area contributed by atoms with Gasteiger partial charge in [0.2, 0.25) is 11.8 Å². The van der Waals surface area contributed by atoms with Gasteiger partial charge >= 0.3 is 0 Å². The fourth-order valence-electron chi connectivity index (χ4n) is 1.75. The molecule has 0 saturated carbocycles. The van der Waals surface area contributed by atoms with Gasteiger partial charge in [0, 0.05) is 17.9 Å². The summed E-state index contributed by atoms with van der Waals surface area (Å²) >= 11 is 6.00. The third-order valence-electron chi connectivity index (χ3n) is 2.93. The fourth-order valence-corrected chi connectivity index (χ4v) is 1.98. The van der Waals surface area contributed by atoms with Crippen molar-refractivity contribution in [2.75, 3.05) is 0 Å². The standard InChI is InChI=1S/C15H21ClN2O2/c1-2-3-4-9-14(19)17-18-15(20)11-10-12-7-5-6-8-13(12)16/h5-8H,2-4,9-11H2,1H3,(H,17,19)(H,18,20). The van der Waals surface area contributed by atoms with E-state index in [4.69, 9.17) is 11.6 Å². The summed E-state index contributed by atoms with van der Waals surface area (Å²) in [6.45, 7) is 2.08. The van der Waals surface area contributed by atoms with Gasteiger partial charge in [-0.15, -0.1) is 0 Å². The second-order valence-electron chi connectivity index (χ2n) is 4.64. The average molecular weight is 297 g/mol. The van der Waals surface area contributed by atoms with Crippen molar-refractivity contribution in [2.24, 2.45) is 0 Å². The molecule has 20 heavy (non-hydrogen) atoms. The van der Waals surface area contributed by atoms with Crippen LogP contribution in [0.2, 0.25) is 5.02 Å². The topological polar surface area (TPSA) is 58.2 Å². The van der Waals surface area contributed by atoms with Gasteiger partial charge in [0.05, 0.1) is 0 Å². The van der Waals surface area contributed by atoms with Crippen LogP contribution < -0.4 is 10.9 Å². The van der Waals surface area contributed by atoms with Crippen LogP contribution in [0.3, 0.4) is 0 Å². The van der Waals surface area contributed by atoms with Crippen LogP contribution in [-0.4, -0.2) is 11.8 Å². The lowest BCUT2D eigenvalue weighted by molar-refractivity contribution is -0.128. The Morgan fingerprint density at radius 3 is 2.35 bits per heavy atom. The summed E-state index contributed by atoms with van der Waals surface area (Å²) in [4.78, 5) is 23.0. The van der Waals surface area contributed by atoms with E-state index in [1.165, 1.54) is 0 Å². The van der Waals surface area contributed by atoms with E-state index in [0.29, 0.717) is 24.3 Å². The molecule has 110 valence electrons. The van der Waals surface area contributed by atoms with E-state index in [0.717, 1.165) is 24.8 Å². The zero-order chi connectivity index (χ0) is 14.8. The summed E-state index contributed by atoms with van der Waals surface area (Å²) in [5.74, 6) is -0.363. The van der Waals surface area contributed by atoms with Crippen LogP contribution in [0.1, 0.15) is 44.6 Å². The van der Waals surface area contributed by atoms with Crippen molar-refractivity contribution in [3.05, 3.63) is 34.9 Å². The highest BCUT2D eigenvalue weighted by molar-refractivity contribution is 6.31. The largest absolute Gasteiger partial charge is 0.273 e. The number of hydrogen-bond acceptors (Lipinski definition) is 2. The van der Waals surface area contributed by atoms with Crippen molar-refractivity contribution in [1.82, 2.24) is 10.9 Å². The van der Waals surface area contributed by atoms with Gasteiger partial charge < -0.3 is 0 Å². The van der Waals surface area contributed by atoms with Crippen LogP contribution >= 0.6 is 11.6 Å². The number of halogens is 1. The highest BCUT2D eigenvalue weighted by atomic mass is 35.5. The molecule has 0 fully saturated rings. The molecule has 1 rings (SSSR count). The molecule has 0 bridgehead atoms. The molecule has 4 nitrogen and oxygen atoms in total. The molecular formula is C15H21ClN2O2. The van der Waals surface area contributed by atoms with Crippen LogP contribution in [-0.2, 0) is 16.0 Å². The van der Waals surface area contributed by atoms with Crippen LogP contribution in [0.25, 0.3) is 0 Å². The van der Waals surface area contributed by atoms with Gasteiger partial charge in [-0.25, -0.2) is 0 Å². The number of rotatable bonds is 7. The number of nitrogens with one attached hydrogen (secondary N) is 2. The van der Waals surface area contributed by atoms with Crippen molar-refractivity contribution in [1.29, 1.82) is 0 Å². The highest BCUT2D eigenvalue weighted by Gasteiger charge is 2.06. The molecule has 0 aliphatic carbocycles. The summed E-state index contributed by atoms with van der Waals surface area (Å²) in [7, 11) is 0. The van der Waals surface area contributed by atoms with Gasteiger partial charge in [-0.1, -0.05) is 49.6 Å². The van der Waals surface area contributed by atoms with Gasteiger partial charge in [-0.05, 0) is 24.5 Å². The number of hydrogen-bond donors (Lipinski definition) is 2. The van der Waals surface area contributed by atoms with Crippen LogP contribution in [0.5, 0.6) is 0 Å². The fraction of sp³-hybridized carbons (Fsp3) is 0.467. The third-order valence-corrected chi connectivity index (χ3v) is 3.30. The number of carbonyl (C=O) groups is 2. The van der Waals surface area contributed by atoms with E-state index in [1.807, 2.05) is 18.2 Å². The minimum Gasteiger partial charge on any atom is -0.273 e. The molecule has 0 radical (unpaired) electrons. The number of benzene rings is 1. The zero-order valence-electron chi connectivity index (χ0n) is 11.7. The van der Waals surface area contributed by atoms with Gasteiger partial charge in [0.25, 0.3) is 0 Å². The lowest BCUT2D eigenvalue weighted by atomic mass is 10.1. The molecule has 1 aromatic rings. The molecule has 0 aromatic heterocycles. The molecule has 0 aliphatic rings. The summed E-state index contributed by atoms with van der Waals surface area (Å²) in [5.41, 5.74) is 5.77. The molecule has 0 heterocycles. The molecule has 0 spiro atoms. The Labute approximate surface area is 124 Å². The Morgan fingerprint density at radius 2 is 1.70 bits per heavy atom. The van der Waals surface area contributed by atoms with Gasteiger partial charge in [0.15, 0.2) is 0 Å². The van der Waals surface area contributed by atoms with Gasteiger partial charge in [0.1, 0.15) is 0 Å². The number of amides is 2. The molecule has 0 saturated heterocycles. The Balaban J connectivity index is 2.21. The maximum atomic E-state index is 11.6. The first kappa shape index (κ1) is 16.5. The second-order valence-corrected chi connectivity index (χ2v) is 5.05. The van der Waals surface area contributed by atoms with E-state index in [1.54, 1.807) is 6.07 Å². The van der Waals surface area contributed by atoms with Crippen molar-refractivity contribution in [3.63, 3.8) is 0 Å². The molecule has 2 N–H and O–H groups in total. The smallest absolute Gasteiger partial charge is 0.238 e. The summed E-state index contributed by atoms with van der Waals surface area (Å²) in [6, 6.07) is 7.42. The molecule has 5 heteroatoms. The second kappa shape index (κ2) is 9.37. The van der Waals surface area contributed by atoms with Crippen LogP contribution in [0.4, 0.5) is 0 Å². The first-order valence-corrected chi connectivity index (χ1v) is 7.32. The average Bonchev–Trinajstić information content (AvgIpc) is 2.44. The van der Waals surface area contributed by atoms with Gasteiger partial charge in [-0.2, -0.15) is 0 Å². The lowest BCUT2D eigenvalue weighted by Crippen LogP contribution is -2.41. The normalized spacial score (nSPS) is 10.1. The Morgan fingerprint density at radius 1 is 1.05 bits per heavy atom. The molecular weight excluding hydrogens is 276 g/mol. The Hall–Kier alpha value is -1.55. The van der Waals surface area contributed by atoms with E-state index < -0.39 is 0 Å². The van der Waals surface area contributed by atoms with E-state index in [2.05, 4.69) is 17.8 Å². The minimum atomic E-state index is -0.214. The quantitative estimate of drug-likeness (QED) is 0.600. The number of aryl methyl sites for hydroxylation is 1. The van der Waals surface area contributed by atoms with Crippen molar-refractivity contribution >= 4 is 23.4 Å². The van der Waals surface area contributed by atoms with Crippen molar-refractivity contribution in [3.8, 4) is 0 Å². The van der Waals surface area contributed by atoms with Gasteiger partial charge in [-0.3, -0.25) is 20.4 Å². The zero-order valence-corrected chi connectivity index (χ0v) is 12.5. The maximum Gasteiger partial charge on any atom is 0.238 e. The van der Waals surface area contributed by atoms with Crippen LogP contribution in [0, 0.1) is 0 Å². The molecule has 1 aromatic carbocycles. The Bertz CT molecular complexity index is 449. The summed E-state index contributed by atoms with van der Waals surface area (Å²) in [5, 5.41) is 0.656. The maximum absolute atomic E-state index is 11.6. The molecule has 0 atom stereocenters. The van der Waals surface area contributed by atoms with E-state index >= 15 is 0 Å². The van der Waals surface area contributed by atoms with E-state index in [-0.39, 0.29) is 11.8 Å². The number of carbonyl (C=O) groups excluding carboxylic acids is 2. The minimum absolute atomic E-state index is 0.149. The van der Waals surface area contributed by atoms with E-state index in [9.17, 15) is 9.59 Å². The first-order valence-electron chi connectivity index (χ1n) is 6.94. The monoisotopic (exact) mass is 296 g/mol. The molecule has 2 amide bonds. The predicted octanol–water partition coefficient (Wildman–Crippen LogP) is 3.00. The van der Waals surface area contributed by atoms with Crippen molar-refractivity contribution in [2.45, 2.75) is 45.4 Å². The predicted molar refractivity (Wildman–Crippen MR) is 80.2 cm³/mol. The van der Waals surface area contributed by atoms with Crippen LogP contribution in [0.15, 0.2) is 24.3 Å². The molecule has 0 aliphatic heterocycles.